The lowest BCUT2D eigenvalue weighted by atomic mass is 10.1. The Morgan fingerprint density at radius 3 is 2.30 bits per heavy atom. The number of sulfonamides is 1. The van der Waals surface area contributed by atoms with E-state index in [0.29, 0.717) is 5.69 Å². The molecule has 0 spiro atoms. The highest BCUT2D eigenvalue weighted by Crippen LogP contribution is 2.25. The van der Waals surface area contributed by atoms with E-state index in [9.17, 15) is 13.2 Å². The maximum Gasteiger partial charge on any atom is 0.264 e. The van der Waals surface area contributed by atoms with Gasteiger partial charge in [0.05, 0.1) is 16.8 Å². The highest BCUT2D eigenvalue weighted by Gasteiger charge is 2.27. The van der Waals surface area contributed by atoms with Crippen molar-refractivity contribution < 1.29 is 13.2 Å². The molecule has 0 aliphatic rings. The number of hydrogen-bond donors (Lipinski definition) is 1. The van der Waals surface area contributed by atoms with Crippen molar-refractivity contribution in [3.8, 4) is 0 Å². The molecular weight excluding hydrogens is 400 g/mol. The molecule has 1 aromatic heterocycles. The number of amides is 1. The molecule has 0 bridgehead atoms. The van der Waals surface area contributed by atoms with Crippen LogP contribution in [-0.4, -0.2) is 32.1 Å². The Hall–Kier alpha value is -3.52. The number of anilines is 1. The number of hydrazone groups is 1. The predicted molar refractivity (Wildman–Crippen MR) is 117 cm³/mol. The quantitative estimate of drug-likeness (QED) is 0.468. The van der Waals surface area contributed by atoms with Crippen LogP contribution >= 0.6 is 0 Å². The van der Waals surface area contributed by atoms with Gasteiger partial charge < -0.3 is 0 Å². The van der Waals surface area contributed by atoms with E-state index in [0.717, 1.165) is 21.0 Å². The van der Waals surface area contributed by atoms with E-state index in [1.54, 1.807) is 54.9 Å². The third-order valence-electron chi connectivity index (χ3n) is 4.22. The molecule has 8 heteroatoms. The highest BCUT2D eigenvalue weighted by molar-refractivity contribution is 7.92. The van der Waals surface area contributed by atoms with Crippen molar-refractivity contribution in [1.82, 2.24) is 10.4 Å². The normalized spacial score (nSPS) is 11.4. The molecular formula is C22H22N4O3S. The Kier molecular flexibility index (Phi) is 6.58. The minimum absolute atomic E-state index is 0.109. The van der Waals surface area contributed by atoms with E-state index in [-0.39, 0.29) is 4.90 Å². The van der Waals surface area contributed by atoms with Crippen LogP contribution < -0.4 is 9.73 Å². The number of aromatic nitrogens is 1. The summed E-state index contributed by atoms with van der Waals surface area (Å²) in [6.45, 7) is 3.35. The van der Waals surface area contributed by atoms with Gasteiger partial charge in [0.1, 0.15) is 6.54 Å². The summed E-state index contributed by atoms with van der Waals surface area (Å²) in [5.74, 6) is -0.557. The molecule has 0 aliphatic heterocycles. The Morgan fingerprint density at radius 1 is 1.03 bits per heavy atom. The van der Waals surface area contributed by atoms with Crippen molar-refractivity contribution in [1.29, 1.82) is 0 Å². The van der Waals surface area contributed by atoms with E-state index in [1.165, 1.54) is 18.3 Å². The Labute approximate surface area is 176 Å². The van der Waals surface area contributed by atoms with Crippen LogP contribution in [0.3, 0.4) is 0 Å². The second-order valence-electron chi connectivity index (χ2n) is 6.74. The summed E-state index contributed by atoms with van der Waals surface area (Å²) in [4.78, 5) is 16.5. The van der Waals surface area contributed by atoms with Crippen molar-refractivity contribution >= 4 is 27.8 Å². The molecule has 154 valence electrons. The monoisotopic (exact) mass is 422 g/mol. The van der Waals surface area contributed by atoms with Crippen LogP contribution in [0.1, 0.15) is 16.7 Å². The van der Waals surface area contributed by atoms with E-state index in [2.05, 4.69) is 15.5 Å². The fourth-order valence-corrected chi connectivity index (χ4v) is 4.35. The van der Waals surface area contributed by atoms with Crippen molar-refractivity contribution in [3.63, 3.8) is 0 Å². The van der Waals surface area contributed by atoms with E-state index in [1.807, 2.05) is 19.9 Å². The number of pyridine rings is 1. The number of nitrogens with one attached hydrogen (secondary N) is 1. The van der Waals surface area contributed by atoms with Crippen LogP contribution in [0.4, 0.5) is 5.69 Å². The number of hydrogen-bond acceptors (Lipinski definition) is 5. The van der Waals surface area contributed by atoms with Crippen LogP contribution in [-0.2, 0) is 14.8 Å². The summed E-state index contributed by atoms with van der Waals surface area (Å²) in [5, 5.41) is 3.90. The summed E-state index contributed by atoms with van der Waals surface area (Å²) >= 11 is 0. The van der Waals surface area contributed by atoms with Gasteiger partial charge in [-0.2, -0.15) is 5.10 Å². The van der Waals surface area contributed by atoms with Crippen LogP contribution in [0.2, 0.25) is 0 Å². The smallest absolute Gasteiger partial charge is 0.264 e. The standard InChI is InChI=1S/C22H22N4O3S/c1-17-12-18(2)14-20(13-17)26(30(28,29)21-6-4-3-5-7-21)16-22(27)25-24-15-19-8-10-23-11-9-19/h3-15H,16H2,1-2H3,(H,25,27). The van der Waals surface area contributed by atoms with Gasteiger partial charge in [0.25, 0.3) is 15.9 Å². The molecule has 0 unspecified atom stereocenters. The molecule has 0 atom stereocenters. The summed E-state index contributed by atoms with van der Waals surface area (Å²) in [6.07, 6.45) is 4.68. The molecule has 0 aliphatic carbocycles. The highest BCUT2D eigenvalue weighted by atomic mass is 32.2. The Morgan fingerprint density at radius 2 is 1.67 bits per heavy atom. The number of carbonyl (C=O) groups is 1. The number of aryl methyl sites for hydroxylation is 2. The second kappa shape index (κ2) is 9.32. The first-order valence-corrected chi connectivity index (χ1v) is 10.7. The van der Waals surface area contributed by atoms with E-state index in [4.69, 9.17) is 0 Å². The molecule has 0 saturated heterocycles. The van der Waals surface area contributed by atoms with Gasteiger partial charge >= 0.3 is 0 Å². The average Bonchev–Trinajstić information content (AvgIpc) is 2.72. The Bertz CT molecular complexity index is 1130. The van der Waals surface area contributed by atoms with Gasteiger partial charge in [0.15, 0.2) is 0 Å². The maximum absolute atomic E-state index is 13.3. The minimum atomic E-state index is -3.95. The lowest BCUT2D eigenvalue weighted by Gasteiger charge is -2.24. The topological polar surface area (TPSA) is 91.7 Å². The van der Waals surface area contributed by atoms with Crippen LogP contribution in [0.15, 0.2) is 83.1 Å². The first kappa shape index (κ1) is 21.2. The lowest BCUT2D eigenvalue weighted by Crippen LogP contribution is -2.39. The fraction of sp³-hybridized carbons (Fsp3) is 0.136. The molecule has 1 N–H and O–H groups in total. The van der Waals surface area contributed by atoms with Gasteiger partial charge in [-0.25, -0.2) is 13.8 Å². The van der Waals surface area contributed by atoms with E-state index < -0.39 is 22.5 Å². The largest absolute Gasteiger partial charge is 0.271 e. The molecule has 0 fully saturated rings. The zero-order valence-electron chi connectivity index (χ0n) is 16.7. The third kappa shape index (κ3) is 5.30. The predicted octanol–water partition coefficient (Wildman–Crippen LogP) is 3.04. The van der Waals surface area contributed by atoms with Crippen molar-refractivity contribution in [2.45, 2.75) is 18.7 Å². The number of carbonyl (C=O) groups excluding carboxylic acids is 1. The number of benzene rings is 2. The summed E-state index contributed by atoms with van der Waals surface area (Å²) in [7, 11) is -3.95. The molecule has 0 saturated carbocycles. The molecule has 7 nitrogen and oxygen atoms in total. The van der Waals surface area contributed by atoms with Crippen LogP contribution in [0.5, 0.6) is 0 Å². The molecule has 1 heterocycles. The van der Waals surface area contributed by atoms with Crippen molar-refractivity contribution in [3.05, 3.63) is 89.7 Å². The summed E-state index contributed by atoms with van der Waals surface area (Å²) < 4.78 is 27.7. The number of nitrogens with zero attached hydrogens (tertiary/aromatic N) is 3. The van der Waals surface area contributed by atoms with Crippen molar-refractivity contribution in [2.24, 2.45) is 5.10 Å². The number of rotatable bonds is 7. The summed E-state index contributed by atoms with van der Waals surface area (Å²) in [5.41, 5.74) is 5.36. The van der Waals surface area contributed by atoms with Gasteiger partial charge in [-0.05, 0) is 66.9 Å². The molecule has 1 amide bonds. The van der Waals surface area contributed by atoms with E-state index >= 15 is 0 Å². The van der Waals surface area contributed by atoms with Crippen LogP contribution in [0.25, 0.3) is 0 Å². The van der Waals surface area contributed by atoms with Gasteiger partial charge in [-0.15, -0.1) is 0 Å². The molecule has 30 heavy (non-hydrogen) atoms. The zero-order chi connectivity index (χ0) is 21.6. The van der Waals surface area contributed by atoms with Gasteiger partial charge in [0.2, 0.25) is 0 Å². The Balaban J connectivity index is 1.88. The lowest BCUT2D eigenvalue weighted by molar-refractivity contribution is -0.119. The maximum atomic E-state index is 13.3. The molecule has 0 radical (unpaired) electrons. The van der Waals surface area contributed by atoms with Gasteiger partial charge in [-0.3, -0.25) is 14.1 Å². The minimum Gasteiger partial charge on any atom is -0.271 e. The molecule has 3 aromatic rings. The van der Waals surface area contributed by atoms with Gasteiger partial charge in [0, 0.05) is 12.4 Å². The van der Waals surface area contributed by atoms with Crippen LogP contribution in [0, 0.1) is 13.8 Å². The SMILES string of the molecule is Cc1cc(C)cc(N(CC(=O)NN=Cc2ccncc2)S(=O)(=O)c2ccccc2)c1. The van der Waals surface area contributed by atoms with Gasteiger partial charge in [-0.1, -0.05) is 24.3 Å². The zero-order valence-corrected chi connectivity index (χ0v) is 17.5. The second-order valence-corrected chi connectivity index (χ2v) is 8.61. The summed E-state index contributed by atoms with van der Waals surface area (Å²) in [6, 6.07) is 16.9. The molecule has 2 aromatic carbocycles. The third-order valence-corrected chi connectivity index (χ3v) is 6.01. The first-order chi connectivity index (χ1) is 14.4. The first-order valence-electron chi connectivity index (χ1n) is 9.24. The fourth-order valence-electron chi connectivity index (χ4n) is 2.92. The molecule has 3 rings (SSSR count). The van der Waals surface area contributed by atoms with Crippen molar-refractivity contribution in [2.75, 3.05) is 10.8 Å². The average molecular weight is 423 g/mol.